The number of halogens is 2. The molecule has 0 saturated heterocycles. The van der Waals surface area contributed by atoms with Gasteiger partial charge in [0.2, 0.25) is 5.89 Å². The molecule has 4 rings (SSSR count). The number of aromatic nitrogens is 1. The zero-order chi connectivity index (χ0) is 18.8. The van der Waals surface area contributed by atoms with Gasteiger partial charge in [-0.2, -0.15) is 0 Å². The van der Waals surface area contributed by atoms with Gasteiger partial charge in [-0.05, 0) is 70.0 Å². The van der Waals surface area contributed by atoms with Crippen LogP contribution in [-0.4, -0.2) is 18.3 Å². The van der Waals surface area contributed by atoms with Crippen LogP contribution in [-0.2, 0) is 0 Å². The number of methoxy groups -OCH3 is 1. The van der Waals surface area contributed by atoms with Crippen LogP contribution in [0, 0.1) is 0 Å². The Morgan fingerprint density at radius 1 is 1.11 bits per heavy atom. The molecule has 0 spiro atoms. The Hall–Kier alpha value is -2.63. The van der Waals surface area contributed by atoms with E-state index in [1.807, 2.05) is 60.7 Å². The molecular formula is C21H14BrClN2O2. The van der Waals surface area contributed by atoms with Gasteiger partial charge < -0.3 is 9.15 Å². The monoisotopic (exact) mass is 440 g/mol. The second kappa shape index (κ2) is 7.55. The van der Waals surface area contributed by atoms with E-state index in [-0.39, 0.29) is 0 Å². The first-order valence-corrected chi connectivity index (χ1v) is 9.33. The van der Waals surface area contributed by atoms with E-state index in [9.17, 15) is 0 Å². The Labute approximate surface area is 169 Å². The topological polar surface area (TPSA) is 47.6 Å². The molecule has 6 heteroatoms. The molecule has 0 aliphatic rings. The van der Waals surface area contributed by atoms with Crippen LogP contribution in [0.5, 0.6) is 5.75 Å². The summed E-state index contributed by atoms with van der Waals surface area (Å²) in [6.07, 6.45) is 1.77. The van der Waals surface area contributed by atoms with Gasteiger partial charge in [-0.1, -0.05) is 23.7 Å². The molecule has 0 saturated carbocycles. The molecule has 0 aliphatic heterocycles. The maximum Gasteiger partial charge on any atom is 0.227 e. The zero-order valence-electron chi connectivity index (χ0n) is 14.3. The summed E-state index contributed by atoms with van der Waals surface area (Å²) in [5.74, 6) is 1.30. The number of hydrogen-bond donors (Lipinski definition) is 0. The van der Waals surface area contributed by atoms with Gasteiger partial charge in [0.15, 0.2) is 5.58 Å². The number of oxazole rings is 1. The third-order valence-corrected chi connectivity index (χ3v) is 4.84. The Morgan fingerprint density at radius 3 is 2.78 bits per heavy atom. The molecule has 0 radical (unpaired) electrons. The molecule has 3 aromatic carbocycles. The largest absolute Gasteiger partial charge is 0.496 e. The Morgan fingerprint density at radius 2 is 2.00 bits per heavy atom. The molecule has 0 aliphatic carbocycles. The highest BCUT2D eigenvalue weighted by molar-refractivity contribution is 9.10. The predicted molar refractivity (Wildman–Crippen MR) is 112 cm³/mol. The van der Waals surface area contributed by atoms with Gasteiger partial charge in [-0.3, -0.25) is 4.99 Å². The summed E-state index contributed by atoms with van der Waals surface area (Å²) in [7, 11) is 1.63. The summed E-state index contributed by atoms with van der Waals surface area (Å²) in [6, 6.07) is 18.9. The molecule has 1 aromatic heterocycles. The first kappa shape index (κ1) is 17.8. The number of benzene rings is 3. The van der Waals surface area contributed by atoms with Crippen molar-refractivity contribution in [1.82, 2.24) is 4.98 Å². The predicted octanol–water partition coefficient (Wildman–Crippen LogP) is 6.67. The molecule has 0 N–H and O–H groups in total. The minimum Gasteiger partial charge on any atom is -0.496 e. The number of fused-ring (bicyclic) bond motifs is 1. The lowest BCUT2D eigenvalue weighted by Gasteiger charge is -2.03. The van der Waals surface area contributed by atoms with E-state index in [0.717, 1.165) is 32.6 Å². The number of nitrogens with zero attached hydrogens (tertiary/aromatic N) is 2. The molecule has 0 amide bonds. The van der Waals surface area contributed by atoms with Crippen LogP contribution in [0.15, 0.2) is 74.5 Å². The molecule has 134 valence electrons. The minimum atomic E-state index is 0.546. The van der Waals surface area contributed by atoms with Gasteiger partial charge >= 0.3 is 0 Å². The highest BCUT2D eigenvalue weighted by Crippen LogP contribution is 2.32. The summed E-state index contributed by atoms with van der Waals surface area (Å²) in [5, 5.41) is 0.682. The van der Waals surface area contributed by atoms with Crippen LogP contribution in [0.3, 0.4) is 0 Å². The highest BCUT2D eigenvalue weighted by Gasteiger charge is 2.11. The lowest BCUT2D eigenvalue weighted by molar-refractivity contribution is 0.412. The van der Waals surface area contributed by atoms with Crippen molar-refractivity contribution in [3.05, 3.63) is 75.7 Å². The van der Waals surface area contributed by atoms with Crippen molar-refractivity contribution in [1.29, 1.82) is 0 Å². The maximum atomic E-state index is 6.00. The highest BCUT2D eigenvalue weighted by atomic mass is 79.9. The molecule has 27 heavy (non-hydrogen) atoms. The Bertz CT molecular complexity index is 1150. The van der Waals surface area contributed by atoms with Crippen LogP contribution in [0.25, 0.3) is 22.6 Å². The molecule has 4 aromatic rings. The quantitative estimate of drug-likeness (QED) is 0.332. The molecule has 0 fully saturated rings. The van der Waals surface area contributed by atoms with E-state index >= 15 is 0 Å². The average molecular weight is 442 g/mol. The van der Waals surface area contributed by atoms with Gasteiger partial charge in [0.05, 0.1) is 17.3 Å². The molecule has 0 bridgehead atoms. The van der Waals surface area contributed by atoms with Crippen molar-refractivity contribution in [3.63, 3.8) is 0 Å². The van der Waals surface area contributed by atoms with Crippen LogP contribution < -0.4 is 4.74 Å². The van der Waals surface area contributed by atoms with Gasteiger partial charge in [-0.15, -0.1) is 0 Å². The van der Waals surface area contributed by atoms with Crippen LogP contribution in [0.2, 0.25) is 5.02 Å². The van der Waals surface area contributed by atoms with Gasteiger partial charge in [0, 0.05) is 16.8 Å². The lowest BCUT2D eigenvalue weighted by atomic mass is 10.2. The number of rotatable bonds is 4. The van der Waals surface area contributed by atoms with Gasteiger partial charge in [0.1, 0.15) is 11.3 Å². The number of hydrogen-bond acceptors (Lipinski definition) is 4. The first-order valence-electron chi connectivity index (χ1n) is 8.16. The van der Waals surface area contributed by atoms with Crippen LogP contribution >= 0.6 is 27.5 Å². The zero-order valence-corrected chi connectivity index (χ0v) is 16.7. The number of aliphatic imine (C=N–C) groups is 1. The van der Waals surface area contributed by atoms with Crippen LogP contribution in [0.1, 0.15) is 5.56 Å². The third kappa shape index (κ3) is 3.89. The fraction of sp³-hybridized carbons (Fsp3) is 0.0476. The van der Waals surface area contributed by atoms with Gasteiger partial charge in [-0.25, -0.2) is 4.98 Å². The molecule has 0 unspecified atom stereocenters. The van der Waals surface area contributed by atoms with Crippen LogP contribution in [0.4, 0.5) is 5.69 Å². The summed E-state index contributed by atoms with van der Waals surface area (Å²) >= 11 is 9.49. The standard InChI is InChI=1S/C21H14BrClN2O2/c1-26-19-7-5-14(10-17(19)22)21-25-18-11-16(6-8-20(18)27-21)24-12-13-3-2-4-15(23)9-13/h2-12H,1H3. The maximum absolute atomic E-state index is 6.00. The summed E-state index contributed by atoms with van der Waals surface area (Å²) < 4.78 is 12.0. The average Bonchev–Trinajstić information content (AvgIpc) is 3.10. The first-order chi connectivity index (χ1) is 13.1. The summed E-state index contributed by atoms with van der Waals surface area (Å²) in [4.78, 5) is 9.08. The van der Waals surface area contributed by atoms with Crippen molar-refractivity contribution in [2.75, 3.05) is 7.11 Å². The van der Waals surface area contributed by atoms with Crippen molar-refractivity contribution < 1.29 is 9.15 Å². The SMILES string of the molecule is COc1ccc(-c2nc3cc(N=Cc4cccc(Cl)c4)ccc3o2)cc1Br. The van der Waals surface area contributed by atoms with E-state index in [1.165, 1.54) is 0 Å². The van der Waals surface area contributed by atoms with E-state index < -0.39 is 0 Å². The lowest BCUT2D eigenvalue weighted by Crippen LogP contribution is -1.85. The van der Waals surface area contributed by atoms with E-state index in [0.29, 0.717) is 16.5 Å². The Balaban J connectivity index is 1.65. The van der Waals surface area contributed by atoms with E-state index in [1.54, 1.807) is 13.3 Å². The fourth-order valence-corrected chi connectivity index (χ4v) is 3.39. The number of ether oxygens (including phenoxy) is 1. The van der Waals surface area contributed by atoms with Crippen molar-refractivity contribution in [3.8, 4) is 17.2 Å². The normalized spacial score (nSPS) is 11.4. The second-order valence-electron chi connectivity index (χ2n) is 5.83. The summed E-state index contributed by atoms with van der Waals surface area (Å²) in [5.41, 5.74) is 4.05. The van der Waals surface area contributed by atoms with Crippen molar-refractivity contribution >= 4 is 50.5 Å². The Kier molecular flexibility index (Phi) is 4.97. The summed E-state index contributed by atoms with van der Waals surface area (Å²) in [6.45, 7) is 0. The minimum absolute atomic E-state index is 0.546. The second-order valence-corrected chi connectivity index (χ2v) is 7.12. The third-order valence-electron chi connectivity index (χ3n) is 3.98. The molecule has 4 nitrogen and oxygen atoms in total. The van der Waals surface area contributed by atoms with E-state index in [2.05, 4.69) is 25.9 Å². The van der Waals surface area contributed by atoms with Crippen molar-refractivity contribution in [2.45, 2.75) is 0 Å². The smallest absolute Gasteiger partial charge is 0.227 e. The van der Waals surface area contributed by atoms with E-state index in [4.69, 9.17) is 20.8 Å². The molecule has 0 atom stereocenters. The molecular weight excluding hydrogens is 428 g/mol. The van der Waals surface area contributed by atoms with Crippen molar-refractivity contribution in [2.24, 2.45) is 4.99 Å². The fourth-order valence-electron chi connectivity index (χ4n) is 2.65. The van der Waals surface area contributed by atoms with Gasteiger partial charge in [0.25, 0.3) is 0 Å². The molecule has 1 heterocycles.